The molecule has 0 unspecified atom stereocenters. The first-order valence-electron chi connectivity index (χ1n) is 5.76. The van der Waals surface area contributed by atoms with E-state index in [1.165, 1.54) is 19.3 Å². The second-order valence-electron chi connectivity index (χ2n) is 4.38. The quantitative estimate of drug-likeness (QED) is 0.694. The molecule has 1 aliphatic heterocycles. The highest BCUT2D eigenvalue weighted by atomic mass is 16.5. The molecular weight excluding hydrogens is 178 g/mol. The molecule has 1 saturated heterocycles. The van der Waals surface area contributed by atoms with Crippen LogP contribution in [-0.2, 0) is 9.53 Å². The van der Waals surface area contributed by atoms with Crippen molar-refractivity contribution in [3.63, 3.8) is 0 Å². The van der Waals surface area contributed by atoms with Crippen LogP contribution in [0.1, 0.15) is 38.5 Å². The maximum absolute atomic E-state index is 11.2. The summed E-state index contributed by atoms with van der Waals surface area (Å²) in [7, 11) is 0. The van der Waals surface area contributed by atoms with E-state index < -0.39 is 0 Å². The maximum atomic E-state index is 11.2. The molecule has 14 heavy (non-hydrogen) atoms. The summed E-state index contributed by atoms with van der Waals surface area (Å²) < 4.78 is 5.19. The van der Waals surface area contributed by atoms with Gasteiger partial charge in [0.2, 0.25) is 0 Å². The Balaban J connectivity index is 1.54. The normalized spacial score (nSPS) is 27.3. The van der Waals surface area contributed by atoms with Crippen molar-refractivity contribution in [2.24, 2.45) is 5.92 Å². The Morgan fingerprint density at radius 2 is 2.14 bits per heavy atom. The molecule has 0 aromatic carbocycles. The van der Waals surface area contributed by atoms with Gasteiger partial charge in [0.25, 0.3) is 0 Å². The van der Waals surface area contributed by atoms with Crippen molar-refractivity contribution >= 4 is 5.97 Å². The maximum Gasteiger partial charge on any atom is 0.308 e. The first kappa shape index (κ1) is 9.97. The number of carbonyl (C=O) groups excluding carboxylic acids is 1. The van der Waals surface area contributed by atoms with Crippen LogP contribution in [0.15, 0.2) is 0 Å². The molecule has 1 aliphatic carbocycles. The van der Waals surface area contributed by atoms with Crippen LogP contribution >= 0.6 is 0 Å². The Morgan fingerprint density at radius 1 is 1.29 bits per heavy atom. The smallest absolute Gasteiger partial charge is 0.308 e. The van der Waals surface area contributed by atoms with Crippen molar-refractivity contribution < 1.29 is 9.53 Å². The van der Waals surface area contributed by atoms with Crippen molar-refractivity contribution in [2.45, 2.75) is 44.6 Å². The molecule has 1 heterocycles. The molecule has 0 spiro atoms. The van der Waals surface area contributed by atoms with Gasteiger partial charge >= 0.3 is 5.97 Å². The number of rotatable bonds is 4. The van der Waals surface area contributed by atoms with E-state index >= 15 is 0 Å². The molecule has 2 fully saturated rings. The lowest BCUT2D eigenvalue weighted by molar-refractivity contribution is -0.145. The lowest BCUT2D eigenvalue weighted by Crippen LogP contribution is -2.35. The molecule has 3 nitrogen and oxygen atoms in total. The minimum absolute atomic E-state index is 0.0285. The summed E-state index contributed by atoms with van der Waals surface area (Å²) in [5, 5.41) is 3.45. The monoisotopic (exact) mass is 197 g/mol. The predicted molar refractivity (Wildman–Crippen MR) is 53.9 cm³/mol. The Morgan fingerprint density at radius 3 is 2.79 bits per heavy atom. The van der Waals surface area contributed by atoms with Crippen LogP contribution in [0.5, 0.6) is 0 Å². The molecule has 0 aromatic heterocycles. The van der Waals surface area contributed by atoms with Crippen molar-refractivity contribution in [1.82, 2.24) is 5.32 Å². The summed E-state index contributed by atoms with van der Waals surface area (Å²) >= 11 is 0. The third-order valence-electron chi connectivity index (χ3n) is 3.03. The lowest BCUT2D eigenvalue weighted by atomic mass is 10.0. The third-order valence-corrected chi connectivity index (χ3v) is 3.03. The molecular formula is C11H19NO2. The number of hydrogen-bond acceptors (Lipinski definition) is 3. The SMILES string of the molecule is O=C(OCC[C@H]1CCCCN1)C1CC1. The molecule has 80 valence electrons. The zero-order chi connectivity index (χ0) is 9.80. The van der Waals surface area contributed by atoms with Crippen LogP contribution in [-0.4, -0.2) is 25.2 Å². The highest BCUT2D eigenvalue weighted by Crippen LogP contribution is 2.30. The topological polar surface area (TPSA) is 38.3 Å². The van der Waals surface area contributed by atoms with Crippen molar-refractivity contribution in [3.8, 4) is 0 Å². The molecule has 0 bridgehead atoms. The number of carbonyl (C=O) groups is 1. The van der Waals surface area contributed by atoms with E-state index in [2.05, 4.69) is 5.32 Å². The second kappa shape index (κ2) is 4.78. The molecule has 0 radical (unpaired) electrons. The van der Waals surface area contributed by atoms with Gasteiger partial charge < -0.3 is 10.1 Å². The minimum Gasteiger partial charge on any atom is -0.465 e. The molecule has 1 N–H and O–H groups in total. The highest BCUT2D eigenvalue weighted by Gasteiger charge is 2.31. The predicted octanol–water partition coefficient (Wildman–Crippen LogP) is 1.47. The average molecular weight is 197 g/mol. The van der Waals surface area contributed by atoms with Gasteiger partial charge in [-0.3, -0.25) is 4.79 Å². The molecule has 1 atom stereocenters. The fourth-order valence-corrected chi connectivity index (χ4v) is 1.91. The van der Waals surface area contributed by atoms with E-state index in [1.54, 1.807) is 0 Å². The molecule has 3 heteroatoms. The van der Waals surface area contributed by atoms with Crippen LogP contribution < -0.4 is 5.32 Å². The van der Waals surface area contributed by atoms with Crippen molar-refractivity contribution in [3.05, 3.63) is 0 Å². The zero-order valence-electron chi connectivity index (χ0n) is 8.63. The lowest BCUT2D eigenvalue weighted by Gasteiger charge is -2.23. The largest absolute Gasteiger partial charge is 0.465 e. The first-order chi connectivity index (χ1) is 6.86. The van der Waals surface area contributed by atoms with Gasteiger partial charge in [-0.15, -0.1) is 0 Å². The fraction of sp³-hybridized carbons (Fsp3) is 0.909. The van der Waals surface area contributed by atoms with Gasteiger partial charge in [0.1, 0.15) is 0 Å². The molecule has 1 saturated carbocycles. The van der Waals surface area contributed by atoms with Gasteiger partial charge in [-0.05, 0) is 38.6 Å². The first-order valence-corrected chi connectivity index (χ1v) is 5.76. The van der Waals surface area contributed by atoms with E-state index in [0.717, 1.165) is 25.8 Å². The van der Waals surface area contributed by atoms with E-state index in [-0.39, 0.29) is 11.9 Å². The summed E-state index contributed by atoms with van der Waals surface area (Å²) in [5.74, 6) is 0.273. The molecule has 2 aliphatic rings. The van der Waals surface area contributed by atoms with Crippen LogP contribution in [0.25, 0.3) is 0 Å². The Hall–Kier alpha value is -0.570. The molecule has 0 aromatic rings. The van der Waals surface area contributed by atoms with Gasteiger partial charge in [-0.1, -0.05) is 6.42 Å². The zero-order valence-corrected chi connectivity index (χ0v) is 8.63. The van der Waals surface area contributed by atoms with Gasteiger partial charge in [0.15, 0.2) is 0 Å². The van der Waals surface area contributed by atoms with Gasteiger partial charge in [-0.2, -0.15) is 0 Å². The summed E-state index contributed by atoms with van der Waals surface area (Å²) in [4.78, 5) is 11.2. The van der Waals surface area contributed by atoms with Crippen LogP contribution in [0.4, 0.5) is 0 Å². The molecule has 0 amide bonds. The van der Waals surface area contributed by atoms with Gasteiger partial charge in [0.05, 0.1) is 12.5 Å². The van der Waals surface area contributed by atoms with Gasteiger partial charge in [0, 0.05) is 6.04 Å². The standard InChI is InChI=1S/C11H19NO2/c13-11(9-4-5-9)14-8-6-10-3-1-2-7-12-10/h9-10,12H,1-8H2/t10-/m1/s1. The number of ether oxygens (including phenoxy) is 1. The van der Waals surface area contributed by atoms with Crippen molar-refractivity contribution in [2.75, 3.05) is 13.2 Å². The van der Waals surface area contributed by atoms with Crippen LogP contribution in [0, 0.1) is 5.92 Å². The van der Waals surface area contributed by atoms with Crippen LogP contribution in [0.3, 0.4) is 0 Å². The fourth-order valence-electron chi connectivity index (χ4n) is 1.91. The van der Waals surface area contributed by atoms with Gasteiger partial charge in [-0.25, -0.2) is 0 Å². The Labute approximate surface area is 85.2 Å². The number of nitrogens with one attached hydrogen (secondary N) is 1. The summed E-state index contributed by atoms with van der Waals surface area (Å²) in [6.07, 6.45) is 6.91. The van der Waals surface area contributed by atoms with E-state index in [1.807, 2.05) is 0 Å². The average Bonchev–Trinajstić information content (AvgIpc) is 3.02. The number of hydrogen-bond donors (Lipinski definition) is 1. The third kappa shape index (κ3) is 2.98. The Kier molecular flexibility index (Phi) is 3.40. The summed E-state index contributed by atoms with van der Waals surface area (Å²) in [5.41, 5.74) is 0. The Bertz CT molecular complexity index is 195. The van der Waals surface area contributed by atoms with Crippen LogP contribution in [0.2, 0.25) is 0 Å². The van der Waals surface area contributed by atoms with E-state index in [9.17, 15) is 4.79 Å². The highest BCUT2D eigenvalue weighted by molar-refractivity contribution is 5.74. The van der Waals surface area contributed by atoms with Crippen molar-refractivity contribution in [1.29, 1.82) is 0 Å². The summed E-state index contributed by atoms with van der Waals surface area (Å²) in [6.45, 7) is 1.73. The van der Waals surface area contributed by atoms with E-state index in [0.29, 0.717) is 12.6 Å². The number of piperidine rings is 1. The molecule has 2 rings (SSSR count). The number of esters is 1. The minimum atomic E-state index is 0.0285. The van der Waals surface area contributed by atoms with E-state index in [4.69, 9.17) is 4.74 Å². The summed E-state index contributed by atoms with van der Waals surface area (Å²) in [6, 6.07) is 0.579. The second-order valence-corrected chi connectivity index (χ2v) is 4.38.